The first-order chi connectivity index (χ1) is 9.60. The summed E-state index contributed by atoms with van der Waals surface area (Å²) in [6.45, 7) is 4.17. The van der Waals surface area contributed by atoms with Gasteiger partial charge in [0.15, 0.2) is 0 Å². The zero-order chi connectivity index (χ0) is 14.5. The summed E-state index contributed by atoms with van der Waals surface area (Å²) >= 11 is 7.53. The second-order valence-electron chi connectivity index (χ2n) is 4.82. The van der Waals surface area contributed by atoms with Crippen molar-refractivity contribution < 1.29 is 5.11 Å². The first-order valence-corrected chi connectivity index (χ1v) is 8.05. The van der Waals surface area contributed by atoms with Crippen LogP contribution in [0.1, 0.15) is 31.1 Å². The Balaban J connectivity index is 2.03. The van der Waals surface area contributed by atoms with Crippen LogP contribution in [0.4, 0.5) is 0 Å². The van der Waals surface area contributed by atoms with E-state index in [1.807, 2.05) is 43.3 Å². The lowest BCUT2D eigenvalue weighted by atomic mass is 10.0. The van der Waals surface area contributed by atoms with Gasteiger partial charge >= 0.3 is 0 Å². The average Bonchev–Trinajstić information content (AvgIpc) is 2.49. The first-order valence-electron chi connectivity index (χ1n) is 6.79. The third-order valence-electron chi connectivity index (χ3n) is 3.31. The van der Waals surface area contributed by atoms with Crippen LogP contribution >= 0.6 is 23.4 Å². The number of halogens is 1. The Labute approximate surface area is 130 Å². The van der Waals surface area contributed by atoms with Gasteiger partial charge in [-0.3, -0.25) is 0 Å². The number of thioether (sulfide) groups is 1. The minimum Gasteiger partial charge on any atom is -0.387 e. The van der Waals surface area contributed by atoms with E-state index in [1.54, 1.807) is 11.8 Å². The van der Waals surface area contributed by atoms with Crippen LogP contribution in [0.5, 0.6) is 0 Å². The molecule has 0 bridgehead atoms. The van der Waals surface area contributed by atoms with Crippen molar-refractivity contribution in [1.82, 2.24) is 0 Å². The Hall–Kier alpha value is -0.960. The summed E-state index contributed by atoms with van der Waals surface area (Å²) in [4.78, 5) is 1.12. The Morgan fingerprint density at radius 3 is 2.20 bits per heavy atom. The largest absolute Gasteiger partial charge is 0.387 e. The minimum atomic E-state index is -0.471. The monoisotopic (exact) mass is 306 g/mol. The molecule has 0 fully saturated rings. The molecule has 2 atom stereocenters. The van der Waals surface area contributed by atoms with Crippen molar-refractivity contribution in [3.8, 4) is 0 Å². The van der Waals surface area contributed by atoms with Gasteiger partial charge in [0.25, 0.3) is 0 Å². The highest BCUT2D eigenvalue weighted by molar-refractivity contribution is 8.00. The number of benzene rings is 2. The lowest BCUT2D eigenvalue weighted by Gasteiger charge is -2.19. The zero-order valence-electron chi connectivity index (χ0n) is 11.7. The Bertz CT molecular complexity index is 536. The minimum absolute atomic E-state index is 0.0867. The molecule has 2 rings (SSSR count). The molecule has 1 nitrogen and oxygen atoms in total. The van der Waals surface area contributed by atoms with Crippen molar-refractivity contribution in [2.75, 3.05) is 0 Å². The fourth-order valence-electron chi connectivity index (χ4n) is 2.01. The quantitative estimate of drug-likeness (QED) is 0.774. The molecule has 0 aromatic heterocycles. The molecule has 2 aromatic rings. The number of aliphatic hydroxyl groups is 1. The molecule has 1 N–H and O–H groups in total. The maximum atomic E-state index is 10.4. The Kier molecular flexibility index (Phi) is 5.53. The van der Waals surface area contributed by atoms with Crippen LogP contribution < -0.4 is 0 Å². The van der Waals surface area contributed by atoms with Crippen molar-refractivity contribution in [1.29, 1.82) is 0 Å². The van der Waals surface area contributed by atoms with E-state index >= 15 is 0 Å². The first kappa shape index (κ1) is 15.4. The van der Waals surface area contributed by atoms with Gasteiger partial charge < -0.3 is 5.11 Å². The average molecular weight is 307 g/mol. The topological polar surface area (TPSA) is 20.2 Å². The van der Waals surface area contributed by atoms with E-state index in [4.69, 9.17) is 11.6 Å². The van der Waals surface area contributed by atoms with E-state index in [9.17, 15) is 5.11 Å². The lowest BCUT2D eigenvalue weighted by molar-refractivity contribution is 0.179. The second-order valence-corrected chi connectivity index (χ2v) is 6.70. The summed E-state index contributed by atoms with van der Waals surface area (Å²) < 4.78 is 0. The number of hydrogen-bond donors (Lipinski definition) is 1. The van der Waals surface area contributed by atoms with Crippen LogP contribution in [0.3, 0.4) is 0 Å². The molecule has 0 saturated heterocycles. The van der Waals surface area contributed by atoms with E-state index < -0.39 is 6.10 Å². The SMILES string of the molecule is CCc1ccc(C(O)C(C)Sc2ccc(Cl)cc2)cc1. The van der Waals surface area contributed by atoms with Gasteiger partial charge in [0.2, 0.25) is 0 Å². The molecule has 0 aliphatic heterocycles. The lowest BCUT2D eigenvalue weighted by Crippen LogP contribution is -2.11. The summed E-state index contributed by atoms with van der Waals surface area (Å²) in [5.74, 6) is 0. The third kappa shape index (κ3) is 4.02. The second kappa shape index (κ2) is 7.16. The molecule has 0 spiro atoms. The van der Waals surface area contributed by atoms with E-state index in [0.29, 0.717) is 0 Å². The van der Waals surface area contributed by atoms with Crippen LogP contribution in [-0.2, 0) is 6.42 Å². The van der Waals surface area contributed by atoms with Crippen molar-refractivity contribution in [3.63, 3.8) is 0 Å². The maximum Gasteiger partial charge on any atom is 0.0909 e. The summed E-state index contributed by atoms with van der Waals surface area (Å²) in [7, 11) is 0. The highest BCUT2D eigenvalue weighted by atomic mass is 35.5. The zero-order valence-corrected chi connectivity index (χ0v) is 13.3. The molecule has 106 valence electrons. The van der Waals surface area contributed by atoms with Gasteiger partial charge in [-0.2, -0.15) is 0 Å². The normalized spacial score (nSPS) is 14.0. The predicted molar refractivity (Wildman–Crippen MR) is 87.6 cm³/mol. The van der Waals surface area contributed by atoms with Crippen LogP contribution in [0.2, 0.25) is 5.02 Å². The molecule has 2 aromatic carbocycles. The molecule has 0 aliphatic carbocycles. The molecule has 0 saturated carbocycles. The smallest absolute Gasteiger partial charge is 0.0909 e. The van der Waals surface area contributed by atoms with Crippen molar-refractivity contribution in [3.05, 3.63) is 64.7 Å². The number of hydrogen-bond acceptors (Lipinski definition) is 2. The molecule has 20 heavy (non-hydrogen) atoms. The van der Waals surface area contributed by atoms with Gasteiger partial charge in [0.05, 0.1) is 6.10 Å². The predicted octanol–water partition coefficient (Wildman–Crippen LogP) is 5.12. The van der Waals surface area contributed by atoms with Crippen LogP contribution in [-0.4, -0.2) is 10.4 Å². The standard InChI is InChI=1S/C17H19ClOS/c1-3-13-4-6-14(7-5-13)17(19)12(2)20-16-10-8-15(18)9-11-16/h4-12,17,19H,3H2,1-2H3. The van der Waals surface area contributed by atoms with E-state index in [0.717, 1.165) is 21.9 Å². The molecule has 2 unspecified atom stereocenters. The molecule has 0 aliphatic rings. The van der Waals surface area contributed by atoms with Crippen molar-refractivity contribution in [2.45, 2.75) is 36.5 Å². The van der Waals surface area contributed by atoms with Crippen molar-refractivity contribution in [2.24, 2.45) is 0 Å². The Morgan fingerprint density at radius 2 is 1.65 bits per heavy atom. The summed E-state index contributed by atoms with van der Waals surface area (Å²) in [6.07, 6.45) is 0.549. The number of aryl methyl sites for hydroxylation is 1. The molecule has 0 radical (unpaired) electrons. The molecule has 0 amide bonds. The van der Waals surface area contributed by atoms with Gasteiger partial charge in [-0.1, -0.05) is 49.7 Å². The molecular weight excluding hydrogens is 288 g/mol. The highest BCUT2D eigenvalue weighted by Gasteiger charge is 2.17. The fraction of sp³-hybridized carbons (Fsp3) is 0.294. The van der Waals surface area contributed by atoms with Gasteiger partial charge in [0.1, 0.15) is 0 Å². The number of aliphatic hydroxyl groups excluding tert-OH is 1. The van der Waals surface area contributed by atoms with Crippen LogP contribution in [0, 0.1) is 0 Å². The molecule has 3 heteroatoms. The van der Waals surface area contributed by atoms with Crippen LogP contribution in [0.25, 0.3) is 0 Å². The van der Waals surface area contributed by atoms with Gasteiger partial charge in [0, 0.05) is 15.2 Å². The summed E-state index contributed by atoms with van der Waals surface area (Å²) in [6, 6.07) is 15.9. The van der Waals surface area contributed by atoms with Crippen LogP contribution in [0.15, 0.2) is 53.4 Å². The molecular formula is C17H19ClOS. The maximum absolute atomic E-state index is 10.4. The summed E-state index contributed by atoms with van der Waals surface area (Å²) in [5, 5.41) is 11.2. The van der Waals surface area contributed by atoms with Crippen molar-refractivity contribution >= 4 is 23.4 Å². The van der Waals surface area contributed by atoms with Gasteiger partial charge in [-0.05, 0) is 41.8 Å². The van der Waals surface area contributed by atoms with E-state index in [-0.39, 0.29) is 5.25 Å². The summed E-state index contributed by atoms with van der Waals surface area (Å²) in [5.41, 5.74) is 2.26. The highest BCUT2D eigenvalue weighted by Crippen LogP contribution is 2.32. The van der Waals surface area contributed by atoms with E-state index in [2.05, 4.69) is 19.1 Å². The third-order valence-corrected chi connectivity index (χ3v) is 4.74. The fourth-order valence-corrected chi connectivity index (χ4v) is 3.15. The van der Waals surface area contributed by atoms with E-state index in [1.165, 1.54) is 5.56 Å². The Morgan fingerprint density at radius 1 is 1.05 bits per heavy atom. The van der Waals surface area contributed by atoms with Gasteiger partial charge in [-0.25, -0.2) is 0 Å². The number of rotatable bonds is 5. The molecule has 0 heterocycles. The van der Waals surface area contributed by atoms with Gasteiger partial charge in [-0.15, -0.1) is 11.8 Å².